The molecule has 1 fully saturated rings. The number of aryl methyl sites for hydroxylation is 1. The summed E-state index contributed by atoms with van der Waals surface area (Å²) in [5, 5.41) is 15.0. The Morgan fingerprint density at radius 1 is 1.50 bits per heavy atom. The fourth-order valence-corrected chi connectivity index (χ4v) is 1.63. The minimum atomic E-state index is 0.606. The summed E-state index contributed by atoms with van der Waals surface area (Å²) in [5.41, 5.74) is 2.09. The van der Waals surface area contributed by atoms with E-state index in [4.69, 9.17) is 0 Å². The lowest BCUT2D eigenvalue weighted by Crippen LogP contribution is -1.95. The number of nitrogens with one attached hydrogen (secondary N) is 1. The molecule has 0 aromatic carbocycles. The summed E-state index contributed by atoms with van der Waals surface area (Å²) in [6.45, 7) is 1.99. The summed E-state index contributed by atoms with van der Waals surface area (Å²) in [6.07, 6.45) is 6.08. The van der Waals surface area contributed by atoms with E-state index in [9.17, 15) is 0 Å². The van der Waals surface area contributed by atoms with Gasteiger partial charge < -0.3 is 4.57 Å². The number of hydrogen-bond acceptors (Lipinski definition) is 3. The number of hydrogen-bond donors (Lipinski definition) is 1. The third-order valence-electron chi connectivity index (χ3n) is 2.58. The van der Waals surface area contributed by atoms with Crippen molar-refractivity contribution in [2.75, 3.05) is 0 Å². The van der Waals surface area contributed by atoms with Crippen LogP contribution in [-0.2, 0) is 0 Å². The van der Waals surface area contributed by atoms with Gasteiger partial charge in [-0.05, 0) is 19.8 Å². The van der Waals surface area contributed by atoms with Crippen molar-refractivity contribution in [3.8, 4) is 11.4 Å². The first-order valence-corrected chi connectivity index (χ1v) is 4.76. The maximum absolute atomic E-state index is 4.13. The Labute approximate surface area is 81.2 Å². The SMILES string of the molecule is Cc1[nH]ncc1-c1nncn1C1CC1. The second-order valence-corrected chi connectivity index (χ2v) is 3.70. The van der Waals surface area contributed by atoms with Crippen molar-refractivity contribution in [1.82, 2.24) is 25.0 Å². The summed E-state index contributed by atoms with van der Waals surface area (Å²) >= 11 is 0. The van der Waals surface area contributed by atoms with Gasteiger partial charge in [0.05, 0.1) is 11.8 Å². The third-order valence-corrected chi connectivity index (χ3v) is 2.58. The first-order chi connectivity index (χ1) is 6.86. The van der Waals surface area contributed by atoms with E-state index >= 15 is 0 Å². The van der Waals surface area contributed by atoms with Gasteiger partial charge in [0.15, 0.2) is 5.82 Å². The van der Waals surface area contributed by atoms with Gasteiger partial charge in [-0.25, -0.2) is 0 Å². The zero-order valence-corrected chi connectivity index (χ0v) is 7.94. The predicted octanol–water partition coefficient (Wildman–Crippen LogP) is 1.31. The standard InChI is InChI=1S/C9H11N5/c1-6-8(4-10-12-6)9-13-11-5-14(9)7-2-3-7/h4-5,7H,2-3H2,1H3,(H,10,12). The average molecular weight is 189 g/mol. The van der Waals surface area contributed by atoms with Crippen LogP contribution in [0, 0.1) is 6.92 Å². The molecule has 1 aliphatic rings. The van der Waals surface area contributed by atoms with Crippen LogP contribution in [0.4, 0.5) is 0 Å². The van der Waals surface area contributed by atoms with Crippen molar-refractivity contribution in [1.29, 1.82) is 0 Å². The topological polar surface area (TPSA) is 59.4 Å². The molecule has 1 saturated carbocycles. The molecule has 2 heterocycles. The van der Waals surface area contributed by atoms with E-state index in [1.54, 1.807) is 12.5 Å². The largest absolute Gasteiger partial charge is 0.310 e. The molecule has 0 saturated heterocycles. The highest BCUT2D eigenvalue weighted by atomic mass is 15.3. The van der Waals surface area contributed by atoms with E-state index in [0.29, 0.717) is 6.04 Å². The van der Waals surface area contributed by atoms with Crippen LogP contribution in [0.2, 0.25) is 0 Å². The van der Waals surface area contributed by atoms with Crippen molar-refractivity contribution < 1.29 is 0 Å². The Hall–Kier alpha value is -1.65. The van der Waals surface area contributed by atoms with Gasteiger partial charge in [0, 0.05) is 11.7 Å². The Morgan fingerprint density at radius 2 is 2.36 bits per heavy atom. The predicted molar refractivity (Wildman–Crippen MR) is 50.6 cm³/mol. The number of nitrogens with zero attached hydrogens (tertiary/aromatic N) is 4. The van der Waals surface area contributed by atoms with Gasteiger partial charge >= 0.3 is 0 Å². The average Bonchev–Trinajstić information content (AvgIpc) is 2.75. The molecule has 0 radical (unpaired) electrons. The fourth-order valence-electron chi connectivity index (χ4n) is 1.63. The maximum Gasteiger partial charge on any atom is 0.167 e. The summed E-state index contributed by atoms with van der Waals surface area (Å²) < 4.78 is 2.14. The smallest absolute Gasteiger partial charge is 0.167 e. The van der Waals surface area contributed by atoms with Crippen LogP contribution in [0.25, 0.3) is 11.4 Å². The van der Waals surface area contributed by atoms with E-state index in [0.717, 1.165) is 17.1 Å². The highest BCUT2D eigenvalue weighted by Gasteiger charge is 2.27. The molecule has 0 bridgehead atoms. The first kappa shape index (κ1) is 7.73. The Balaban J connectivity index is 2.11. The van der Waals surface area contributed by atoms with E-state index in [-0.39, 0.29) is 0 Å². The number of rotatable bonds is 2. The Morgan fingerprint density at radius 3 is 3.00 bits per heavy atom. The van der Waals surface area contributed by atoms with Crippen molar-refractivity contribution in [2.24, 2.45) is 0 Å². The molecule has 2 aromatic heterocycles. The monoisotopic (exact) mass is 189 g/mol. The summed E-state index contributed by atoms with van der Waals surface area (Å²) in [7, 11) is 0. The summed E-state index contributed by atoms with van der Waals surface area (Å²) in [4.78, 5) is 0. The molecule has 1 N–H and O–H groups in total. The van der Waals surface area contributed by atoms with Gasteiger partial charge in [-0.2, -0.15) is 5.10 Å². The number of aromatic nitrogens is 5. The van der Waals surface area contributed by atoms with Crippen molar-refractivity contribution in [3.05, 3.63) is 18.2 Å². The lowest BCUT2D eigenvalue weighted by atomic mass is 10.2. The van der Waals surface area contributed by atoms with Crippen LogP contribution in [0.5, 0.6) is 0 Å². The van der Waals surface area contributed by atoms with E-state index in [1.165, 1.54) is 12.8 Å². The van der Waals surface area contributed by atoms with Gasteiger partial charge in [0.25, 0.3) is 0 Å². The molecular weight excluding hydrogens is 178 g/mol. The lowest BCUT2D eigenvalue weighted by Gasteiger charge is -2.02. The van der Waals surface area contributed by atoms with Crippen LogP contribution in [0.3, 0.4) is 0 Å². The number of H-pyrrole nitrogens is 1. The molecule has 72 valence electrons. The van der Waals surface area contributed by atoms with Gasteiger partial charge in [-0.1, -0.05) is 0 Å². The molecule has 0 unspecified atom stereocenters. The van der Waals surface area contributed by atoms with Crippen molar-refractivity contribution in [2.45, 2.75) is 25.8 Å². The molecule has 0 amide bonds. The lowest BCUT2D eigenvalue weighted by molar-refractivity contribution is 0.745. The van der Waals surface area contributed by atoms with E-state index in [2.05, 4.69) is 25.0 Å². The normalized spacial score (nSPS) is 16.1. The van der Waals surface area contributed by atoms with Crippen LogP contribution in [-0.4, -0.2) is 25.0 Å². The molecule has 3 rings (SSSR count). The molecule has 1 aliphatic carbocycles. The highest BCUT2D eigenvalue weighted by Crippen LogP contribution is 2.37. The molecule has 2 aromatic rings. The Bertz CT molecular complexity index is 451. The minimum Gasteiger partial charge on any atom is -0.310 e. The number of aromatic amines is 1. The molecule has 5 heteroatoms. The molecular formula is C9H11N5. The van der Waals surface area contributed by atoms with E-state index < -0.39 is 0 Å². The van der Waals surface area contributed by atoms with Crippen LogP contribution in [0.1, 0.15) is 24.6 Å². The fraction of sp³-hybridized carbons (Fsp3) is 0.444. The van der Waals surface area contributed by atoms with Gasteiger partial charge in [-0.15, -0.1) is 10.2 Å². The Kier molecular flexibility index (Phi) is 1.47. The molecule has 14 heavy (non-hydrogen) atoms. The van der Waals surface area contributed by atoms with Gasteiger partial charge in [-0.3, -0.25) is 5.10 Å². The third kappa shape index (κ3) is 1.05. The molecule has 5 nitrogen and oxygen atoms in total. The maximum atomic E-state index is 4.13. The second kappa shape index (κ2) is 2.67. The summed E-state index contributed by atoms with van der Waals surface area (Å²) in [6, 6.07) is 0.606. The highest BCUT2D eigenvalue weighted by molar-refractivity contribution is 5.56. The van der Waals surface area contributed by atoms with Gasteiger partial charge in [0.1, 0.15) is 6.33 Å². The van der Waals surface area contributed by atoms with Crippen molar-refractivity contribution >= 4 is 0 Å². The quantitative estimate of drug-likeness (QED) is 0.774. The van der Waals surface area contributed by atoms with Crippen LogP contribution < -0.4 is 0 Å². The zero-order chi connectivity index (χ0) is 9.54. The van der Waals surface area contributed by atoms with Crippen LogP contribution >= 0.6 is 0 Å². The first-order valence-electron chi connectivity index (χ1n) is 4.76. The van der Waals surface area contributed by atoms with Crippen LogP contribution in [0.15, 0.2) is 12.5 Å². The van der Waals surface area contributed by atoms with Gasteiger partial charge in [0.2, 0.25) is 0 Å². The zero-order valence-electron chi connectivity index (χ0n) is 7.94. The molecule has 0 atom stereocenters. The second-order valence-electron chi connectivity index (χ2n) is 3.70. The van der Waals surface area contributed by atoms with Crippen molar-refractivity contribution in [3.63, 3.8) is 0 Å². The summed E-state index contributed by atoms with van der Waals surface area (Å²) in [5.74, 6) is 0.929. The van der Waals surface area contributed by atoms with E-state index in [1.807, 2.05) is 6.92 Å². The molecule has 0 aliphatic heterocycles. The minimum absolute atomic E-state index is 0.606. The molecule has 0 spiro atoms.